The van der Waals surface area contributed by atoms with Crippen molar-refractivity contribution in [3.63, 3.8) is 0 Å². The van der Waals surface area contributed by atoms with Gasteiger partial charge in [0.15, 0.2) is 5.78 Å². The van der Waals surface area contributed by atoms with Gasteiger partial charge in [-0.3, -0.25) is 9.48 Å². The van der Waals surface area contributed by atoms with Crippen molar-refractivity contribution in [2.75, 3.05) is 0 Å². The minimum atomic E-state index is -0.348. The van der Waals surface area contributed by atoms with Gasteiger partial charge in [0.1, 0.15) is 5.82 Å². The normalized spacial score (nSPS) is 11.2. The summed E-state index contributed by atoms with van der Waals surface area (Å²) in [5.74, 6) is -0.498. The number of allylic oxidation sites excluding steroid dienone is 1. The van der Waals surface area contributed by atoms with Gasteiger partial charge in [0.25, 0.3) is 0 Å². The molecule has 19 heavy (non-hydrogen) atoms. The lowest BCUT2D eigenvalue weighted by Crippen LogP contribution is -1.94. The van der Waals surface area contributed by atoms with Crippen LogP contribution in [0.3, 0.4) is 0 Å². The number of carbonyl (C=O) groups is 1. The van der Waals surface area contributed by atoms with Gasteiger partial charge < -0.3 is 0 Å². The van der Waals surface area contributed by atoms with Crippen LogP contribution < -0.4 is 0 Å². The van der Waals surface area contributed by atoms with Crippen LogP contribution in [0.25, 0.3) is 6.08 Å². The largest absolute Gasteiger partial charge is 0.289 e. The number of aromatic nitrogens is 2. The second-order valence-corrected chi connectivity index (χ2v) is 4.41. The molecule has 2 aromatic rings. The molecule has 0 saturated carbocycles. The summed E-state index contributed by atoms with van der Waals surface area (Å²) in [7, 11) is 1.86. The van der Waals surface area contributed by atoms with Crippen LogP contribution in [0, 0.1) is 19.7 Å². The molecule has 0 radical (unpaired) electrons. The predicted octanol–water partition coefficient (Wildman–Crippen LogP) is 3.07. The molecule has 0 aliphatic heterocycles. The Kier molecular flexibility index (Phi) is 3.60. The number of nitrogens with zero attached hydrogens (tertiary/aromatic N) is 2. The number of ketones is 1. The van der Waals surface area contributed by atoms with Crippen molar-refractivity contribution in [3.05, 3.63) is 58.7 Å². The van der Waals surface area contributed by atoms with Crippen LogP contribution in [0.1, 0.15) is 27.3 Å². The molecule has 0 spiro atoms. The molecule has 0 fully saturated rings. The molecular weight excluding hydrogens is 243 g/mol. The summed E-state index contributed by atoms with van der Waals surface area (Å²) in [6, 6.07) is 5.51. The van der Waals surface area contributed by atoms with Crippen molar-refractivity contribution in [1.82, 2.24) is 9.78 Å². The molecule has 3 nitrogen and oxygen atoms in total. The van der Waals surface area contributed by atoms with Crippen LogP contribution in [-0.4, -0.2) is 15.6 Å². The van der Waals surface area contributed by atoms with E-state index < -0.39 is 0 Å². The fourth-order valence-electron chi connectivity index (χ4n) is 1.90. The van der Waals surface area contributed by atoms with E-state index in [9.17, 15) is 9.18 Å². The third-order valence-electron chi connectivity index (χ3n) is 3.10. The molecule has 1 heterocycles. The van der Waals surface area contributed by atoms with Crippen molar-refractivity contribution in [3.8, 4) is 0 Å². The zero-order chi connectivity index (χ0) is 14.0. The van der Waals surface area contributed by atoms with E-state index in [2.05, 4.69) is 5.10 Å². The highest BCUT2D eigenvalue weighted by molar-refractivity contribution is 6.06. The Labute approximate surface area is 111 Å². The van der Waals surface area contributed by atoms with E-state index in [1.807, 2.05) is 20.9 Å². The van der Waals surface area contributed by atoms with E-state index in [1.165, 1.54) is 30.3 Å². The smallest absolute Gasteiger partial charge is 0.185 e. The molecule has 1 aromatic carbocycles. The molecule has 4 heteroatoms. The predicted molar refractivity (Wildman–Crippen MR) is 72.4 cm³/mol. The summed E-state index contributed by atoms with van der Waals surface area (Å²) in [6.07, 6.45) is 3.24. The Bertz CT molecular complexity index is 639. The molecule has 0 N–H and O–H groups in total. The highest BCUT2D eigenvalue weighted by Gasteiger charge is 2.07. The molecule has 0 unspecified atom stereocenters. The molecule has 0 aliphatic carbocycles. The summed E-state index contributed by atoms with van der Waals surface area (Å²) in [5, 5.41) is 4.28. The second kappa shape index (κ2) is 5.18. The number of hydrogen-bond acceptors (Lipinski definition) is 2. The average Bonchev–Trinajstić information content (AvgIpc) is 2.62. The highest BCUT2D eigenvalue weighted by Crippen LogP contribution is 2.14. The Balaban J connectivity index is 2.23. The van der Waals surface area contributed by atoms with Crippen LogP contribution in [-0.2, 0) is 7.05 Å². The number of hydrogen-bond donors (Lipinski definition) is 0. The van der Waals surface area contributed by atoms with Gasteiger partial charge in [0, 0.05) is 23.9 Å². The maximum Gasteiger partial charge on any atom is 0.185 e. The first-order chi connectivity index (χ1) is 8.99. The van der Waals surface area contributed by atoms with E-state index in [0.29, 0.717) is 5.56 Å². The van der Waals surface area contributed by atoms with E-state index in [4.69, 9.17) is 0 Å². The van der Waals surface area contributed by atoms with Gasteiger partial charge in [0.2, 0.25) is 0 Å². The summed E-state index contributed by atoms with van der Waals surface area (Å²) >= 11 is 0. The maximum absolute atomic E-state index is 12.8. The Morgan fingerprint density at radius 1 is 1.26 bits per heavy atom. The first-order valence-corrected chi connectivity index (χ1v) is 5.97. The first kappa shape index (κ1) is 13.2. The van der Waals surface area contributed by atoms with Crippen LogP contribution in [0.2, 0.25) is 0 Å². The summed E-state index contributed by atoms with van der Waals surface area (Å²) < 4.78 is 14.5. The van der Waals surface area contributed by atoms with Crippen molar-refractivity contribution in [2.45, 2.75) is 13.8 Å². The number of carbonyl (C=O) groups excluding carboxylic acids is 1. The Hall–Kier alpha value is -2.23. The van der Waals surface area contributed by atoms with E-state index in [-0.39, 0.29) is 11.6 Å². The average molecular weight is 258 g/mol. The molecule has 1 aromatic heterocycles. The minimum Gasteiger partial charge on any atom is -0.289 e. The monoisotopic (exact) mass is 258 g/mol. The number of benzene rings is 1. The third kappa shape index (κ3) is 2.78. The molecule has 98 valence electrons. The van der Waals surface area contributed by atoms with Gasteiger partial charge in [-0.25, -0.2) is 4.39 Å². The minimum absolute atomic E-state index is 0.150. The number of rotatable bonds is 3. The standard InChI is InChI=1S/C15H15FN2O/c1-10-14(11(2)18(3)17-10)8-9-15(19)12-4-6-13(16)7-5-12/h4-9H,1-3H3/b9-8-. The summed E-state index contributed by atoms with van der Waals surface area (Å²) in [5.41, 5.74) is 3.29. The van der Waals surface area contributed by atoms with E-state index in [1.54, 1.807) is 10.8 Å². The molecule has 0 saturated heterocycles. The van der Waals surface area contributed by atoms with Crippen molar-refractivity contribution < 1.29 is 9.18 Å². The van der Waals surface area contributed by atoms with E-state index in [0.717, 1.165) is 17.0 Å². The Morgan fingerprint density at radius 2 is 1.89 bits per heavy atom. The van der Waals surface area contributed by atoms with Gasteiger partial charge in [-0.1, -0.05) is 0 Å². The molecule has 2 rings (SSSR count). The van der Waals surface area contributed by atoms with Crippen LogP contribution in [0.5, 0.6) is 0 Å². The second-order valence-electron chi connectivity index (χ2n) is 4.41. The fraction of sp³-hybridized carbons (Fsp3) is 0.200. The lowest BCUT2D eigenvalue weighted by molar-refractivity contribution is 0.104. The van der Waals surface area contributed by atoms with Crippen LogP contribution in [0.15, 0.2) is 30.3 Å². The summed E-state index contributed by atoms with van der Waals surface area (Å²) in [6.45, 7) is 3.84. The Morgan fingerprint density at radius 3 is 2.42 bits per heavy atom. The zero-order valence-electron chi connectivity index (χ0n) is 11.1. The van der Waals surface area contributed by atoms with Gasteiger partial charge in [-0.2, -0.15) is 5.10 Å². The molecule has 0 amide bonds. The molecule has 0 atom stereocenters. The quantitative estimate of drug-likeness (QED) is 0.626. The fourth-order valence-corrected chi connectivity index (χ4v) is 1.90. The third-order valence-corrected chi connectivity index (χ3v) is 3.10. The van der Waals surface area contributed by atoms with Crippen LogP contribution in [0.4, 0.5) is 4.39 Å². The first-order valence-electron chi connectivity index (χ1n) is 5.97. The maximum atomic E-state index is 12.8. The topological polar surface area (TPSA) is 34.9 Å². The summed E-state index contributed by atoms with van der Waals surface area (Å²) in [4.78, 5) is 11.9. The van der Waals surface area contributed by atoms with Crippen molar-refractivity contribution >= 4 is 11.9 Å². The molecule has 0 bridgehead atoms. The SMILES string of the molecule is Cc1nn(C)c(C)c1/C=C\C(=O)c1ccc(F)cc1. The lowest BCUT2D eigenvalue weighted by Gasteiger charge is -1.96. The molecule has 0 aliphatic rings. The van der Waals surface area contributed by atoms with Gasteiger partial charge in [0.05, 0.1) is 5.69 Å². The molecular formula is C15H15FN2O. The lowest BCUT2D eigenvalue weighted by atomic mass is 10.1. The number of halogens is 1. The number of aryl methyl sites for hydroxylation is 2. The van der Waals surface area contributed by atoms with Gasteiger partial charge in [-0.15, -0.1) is 0 Å². The highest BCUT2D eigenvalue weighted by atomic mass is 19.1. The van der Waals surface area contributed by atoms with Crippen molar-refractivity contribution in [2.24, 2.45) is 7.05 Å². The van der Waals surface area contributed by atoms with Gasteiger partial charge >= 0.3 is 0 Å². The van der Waals surface area contributed by atoms with Crippen molar-refractivity contribution in [1.29, 1.82) is 0 Å². The van der Waals surface area contributed by atoms with Crippen LogP contribution >= 0.6 is 0 Å². The zero-order valence-corrected chi connectivity index (χ0v) is 11.1. The van der Waals surface area contributed by atoms with Gasteiger partial charge in [-0.05, 0) is 50.3 Å². The van der Waals surface area contributed by atoms with E-state index >= 15 is 0 Å².